The van der Waals surface area contributed by atoms with E-state index in [-0.39, 0.29) is 0 Å². The highest BCUT2D eigenvalue weighted by Crippen LogP contribution is 2.44. The molecule has 0 unspecified atom stereocenters. The highest BCUT2D eigenvalue weighted by molar-refractivity contribution is 6.31. The minimum absolute atomic E-state index is 0.642. The molecule has 22 heavy (non-hydrogen) atoms. The Hall–Kier alpha value is -2.00. The Morgan fingerprint density at radius 2 is 1.82 bits per heavy atom. The lowest BCUT2D eigenvalue weighted by Gasteiger charge is -2.38. The normalized spacial score (nSPS) is 15.9. The molecule has 1 fully saturated rings. The van der Waals surface area contributed by atoms with E-state index in [0.717, 1.165) is 41.1 Å². The molecule has 114 valence electrons. The Labute approximate surface area is 134 Å². The fourth-order valence-corrected chi connectivity index (χ4v) is 3.11. The van der Waals surface area contributed by atoms with Crippen LogP contribution in [0.25, 0.3) is 0 Å². The number of rotatable bonds is 5. The highest BCUT2D eigenvalue weighted by atomic mass is 35.5. The average Bonchev–Trinajstić information content (AvgIpc) is 2.46. The van der Waals surface area contributed by atoms with Gasteiger partial charge in [0.25, 0.3) is 0 Å². The standard InChI is InChI=1S/C18H18ClNO2/c19-16-5-2-1-4-13(16)12-20-15-8-6-14(7-9-15)18(17(21)22)10-3-11-18/h1-2,4-9,20H,3,10-12H2,(H,21,22). The summed E-state index contributed by atoms with van der Waals surface area (Å²) in [6.45, 7) is 0.642. The third-order valence-electron chi connectivity index (χ3n) is 4.49. The smallest absolute Gasteiger partial charge is 0.314 e. The van der Waals surface area contributed by atoms with Crippen LogP contribution in [0.15, 0.2) is 48.5 Å². The molecule has 0 bridgehead atoms. The van der Waals surface area contributed by atoms with Crippen molar-refractivity contribution in [2.75, 3.05) is 5.32 Å². The summed E-state index contributed by atoms with van der Waals surface area (Å²) in [7, 11) is 0. The lowest BCUT2D eigenvalue weighted by atomic mass is 9.64. The van der Waals surface area contributed by atoms with Crippen molar-refractivity contribution in [1.29, 1.82) is 0 Å². The van der Waals surface area contributed by atoms with Crippen molar-refractivity contribution in [3.8, 4) is 0 Å². The number of nitrogens with one attached hydrogen (secondary N) is 1. The molecule has 3 rings (SSSR count). The Morgan fingerprint density at radius 1 is 1.14 bits per heavy atom. The number of hydrogen-bond donors (Lipinski definition) is 2. The summed E-state index contributed by atoms with van der Waals surface area (Å²) in [5.74, 6) is -0.712. The van der Waals surface area contributed by atoms with Gasteiger partial charge >= 0.3 is 5.97 Å². The first-order valence-electron chi connectivity index (χ1n) is 7.43. The van der Waals surface area contributed by atoms with Gasteiger partial charge in [-0.1, -0.05) is 48.4 Å². The van der Waals surface area contributed by atoms with Crippen LogP contribution in [0.3, 0.4) is 0 Å². The number of carboxylic acid groups (broad SMARTS) is 1. The Morgan fingerprint density at radius 3 is 2.36 bits per heavy atom. The van der Waals surface area contributed by atoms with Crippen LogP contribution in [0.2, 0.25) is 5.02 Å². The highest BCUT2D eigenvalue weighted by Gasteiger charge is 2.45. The van der Waals surface area contributed by atoms with Gasteiger partial charge in [0, 0.05) is 17.3 Å². The van der Waals surface area contributed by atoms with Crippen molar-refractivity contribution in [2.45, 2.75) is 31.2 Å². The van der Waals surface area contributed by atoms with Gasteiger partial charge in [0.2, 0.25) is 0 Å². The molecule has 0 spiro atoms. The van der Waals surface area contributed by atoms with Crippen molar-refractivity contribution in [3.63, 3.8) is 0 Å². The molecule has 4 heteroatoms. The molecule has 1 aliphatic rings. The van der Waals surface area contributed by atoms with Gasteiger partial charge in [0.05, 0.1) is 5.41 Å². The van der Waals surface area contributed by atoms with E-state index in [1.807, 2.05) is 48.5 Å². The molecular formula is C18H18ClNO2. The number of hydrogen-bond acceptors (Lipinski definition) is 2. The van der Waals surface area contributed by atoms with Gasteiger partial charge in [0.15, 0.2) is 0 Å². The minimum Gasteiger partial charge on any atom is -0.481 e. The largest absolute Gasteiger partial charge is 0.481 e. The number of benzene rings is 2. The van der Waals surface area contributed by atoms with Crippen molar-refractivity contribution in [1.82, 2.24) is 0 Å². The van der Waals surface area contributed by atoms with Gasteiger partial charge in [0.1, 0.15) is 0 Å². The maximum atomic E-state index is 11.5. The van der Waals surface area contributed by atoms with Crippen molar-refractivity contribution < 1.29 is 9.90 Å². The molecule has 0 aliphatic heterocycles. The van der Waals surface area contributed by atoms with Gasteiger partial charge in [-0.15, -0.1) is 0 Å². The molecule has 0 heterocycles. The first kappa shape index (κ1) is 14.9. The third kappa shape index (κ3) is 2.69. The summed E-state index contributed by atoms with van der Waals surface area (Å²) >= 11 is 6.13. The van der Waals surface area contributed by atoms with E-state index in [2.05, 4.69) is 5.32 Å². The Bertz CT molecular complexity index is 678. The molecule has 0 aromatic heterocycles. The van der Waals surface area contributed by atoms with Gasteiger partial charge in [-0.05, 0) is 42.2 Å². The summed E-state index contributed by atoms with van der Waals surface area (Å²) in [6.07, 6.45) is 2.45. The summed E-state index contributed by atoms with van der Waals surface area (Å²) in [6, 6.07) is 15.4. The van der Waals surface area contributed by atoms with Gasteiger partial charge in [-0.2, -0.15) is 0 Å². The lowest BCUT2D eigenvalue weighted by Crippen LogP contribution is -2.42. The predicted octanol–water partition coefficient (Wildman–Crippen LogP) is 4.46. The van der Waals surface area contributed by atoms with Gasteiger partial charge < -0.3 is 10.4 Å². The fourth-order valence-electron chi connectivity index (χ4n) is 2.90. The van der Waals surface area contributed by atoms with Crippen LogP contribution < -0.4 is 5.32 Å². The number of anilines is 1. The maximum absolute atomic E-state index is 11.5. The van der Waals surface area contributed by atoms with E-state index in [1.165, 1.54) is 0 Å². The zero-order valence-electron chi connectivity index (χ0n) is 12.2. The van der Waals surface area contributed by atoms with Crippen LogP contribution in [-0.4, -0.2) is 11.1 Å². The molecular weight excluding hydrogens is 298 g/mol. The Kier molecular flexibility index (Phi) is 4.08. The average molecular weight is 316 g/mol. The molecule has 2 aromatic rings. The van der Waals surface area contributed by atoms with Gasteiger partial charge in [-0.25, -0.2) is 0 Å². The minimum atomic E-state index is -0.712. The SMILES string of the molecule is O=C(O)C1(c2ccc(NCc3ccccc3Cl)cc2)CCC1. The summed E-state index contributed by atoms with van der Waals surface area (Å²) in [5.41, 5.74) is 2.23. The summed E-state index contributed by atoms with van der Waals surface area (Å²) in [4.78, 5) is 11.5. The maximum Gasteiger partial charge on any atom is 0.314 e. The molecule has 2 aromatic carbocycles. The van der Waals surface area contributed by atoms with E-state index < -0.39 is 11.4 Å². The second-order valence-electron chi connectivity index (χ2n) is 5.76. The van der Waals surface area contributed by atoms with Crippen LogP contribution in [-0.2, 0) is 16.8 Å². The van der Waals surface area contributed by atoms with Gasteiger partial charge in [-0.3, -0.25) is 4.79 Å². The number of carboxylic acids is 1. The predicted molar refractivity (Wildman–Crippen MR) is 88.4 cm³/mol. The van der Waals surface area contributed by atoms with E-state index in [4.69, 9.17) is 11.6 Å². The second-order valence-corrected chi connectivity index (χ2v) is 6.17. The first-order valence-corrected chi connectivity index (χ1v) is 7.81. The van der Waals surface area contributed by atoms with E-state index in [9.17, 15) is 9.90 Å². The molecule has 1 aliphatic carbocycles. The monoisotopic (exact) mass is 315 g/mol. The van der Waals surface area contributed by atoms with Crippen molar-refractivity contribution in [2.24, 2.45) is 0 Å². The van der Waals surface area contributed by atoms with E-state index in [0.29, 0.717) is 6.54 Å². The molecule has 3 nitrogen and oxygen atoms in total. The van der Waals surface area contributed by atoms with Crippen molar-refractivity contribution in [3.05, 3.63) is 64.7 Å². The van der Waals surface area contributed by atoms with E-state index in [1.54, 1.807) is 0 Å². The molecule has 0 radical (unpaired) electrons. The Balaban J connectivity index is 1.70. The quantitative estimate of drug-likeness (QED) is 0.856. The molecule has 0 atom stereocenters. The first-order chi connectivity index (χ1) is 10.6. The molecule has 2 N–H and O–H groups in total. The topological polar surface area (TPSA) is 49.3 Å². The summed E-state index contributed by atoms with van der Waals surface area (Å²) in [5, 5.41) is 13.5. The van der Waals surface area contributed by atoms with Crippen LogP contribution in [0.4, 0.5) is 5.69 Å². The van der Waals surface area contributed by atoms with E-state index >= 15 is 0 Å². The lowest BCUT2D eigenvalue weighted by molar-refractivity contribution is -0.147. The van der Waals surface area contributed by atoms with Crippen LogP contribution in [0, 0.1) is 0 Å². The number of aliphatic carboxylic acids is 1. The van der Waals surface area contributed by atoms with Crippen LogP contribution >= 0.6 is 11.6 Å². The second kappa shape index (κ2) is 6.01. The molecule has 0 amide bonds. The fraction of sp³-hybridized carbons (Fsp3) is 0.278. The molecule has 1 saturated carbocycles. The van der Waals surface area contributed by atoms with Crippen LogP contribution in [0.1, 0.15) is 30.4 Å². The zero-order valence-corrected chi connectivity index (χ0v) is 12.9. The van der Waals surface area contributed by atoms with Crippen molar-refractivity contribution >= 4 is 23.3 Å². The zero-order chi connectivity index (χ0) is 15.6. The summed E-state index contributed by atoms with van der Waals surface area (Å²) < 4.78 is 0. The molecule has 0 saturated heterocycles. The van der Waals surface area contributed by atoms with Crippen LogP contribution in [0.5, 0.6) is 0 Å². The third-order valence-corrected chi connectivity index (χ3v) is 4.86. The number of carbonyl (C=O) groups is 1. The number of halogens is 1.